The molecule has 0 spiro atoms. The van der Waals surface area contributed by atoms with Gasteiger partial charge in [-0.15, -0.1) is 0 Å². The molecule has 10 heteroatoms. The molecule has 0 N–H and O–H groups in total. The highest BCUT2D eigenvalue weighted by Gasteiger charge is 2.33. The van der Waals surface area contributed by atoms with Gasteiger partial charge in [0, 0.05) is 6.20 Å². The third-order valence-electron chi connectivity index (χ3n) is 2.37. The van der Waals surface area contributed by atoms with Gasteiger partial charge in [-0.05, 0) is 0 Å². The maximum absolute atomic E-state index is 12.5. The van der Waals surface area contributed by atoms with Crippen LogP contribution in [0.15, 0.2) is 24.8 Å². The molecule has 0 aliphatic carbocycles. The summed E-state index contributed by atoms with van der Waals surface area (Å²) in [6.45, 7) is 0. The molecule has 2 aromatic heterocycles. The lowest BCUT2D eigenvalue weighted by molar-refractivity contribution is -0.385. The second kappa shape index (κ2) is 4.79. The van der Waals surface area contributed by atoms with Gasteiger partial charge >= 0.3 is 6.18 Å². The van der Waals surface area contributed by atoms with Crippen LogP contribution in [0, 0.1) is 10.1 Å². The van der Waals surface area contributed by atoms with Crippen LogP contribution in [0.4, 0.5) is 18.9 Å². The summed E-state index contributed by atoms with van der Waals surface area (Å²) in [4.78, 5) is 16.8. The van der Waals surface area contributed by atoms with Crippen molar-refractivity contribution in [3.8, 4) is 11.6 Å². The fourth-order valence-corrected chi connectivity index (χ4v) is 1.46. The Hall–Kier alpha value is -2.65. The fraction of sp³-hybridized carbons (Fsp3) is 0.200. The van der Waals surface area contributed by atoms with E-state index in [4.69, 9.17) is 4.74 Å². The zero-order valence-electron chi connectivity index (χ0n) is 9.96. The van der Waals surface area contributed by atoms with E-state index in [1.807, 2.05) is 0 Å². The van der Waals surface area contributed by atoms with Crippen LogP contribution in [-0.4, -0.2) is 26.6 Å². The zero-order chi connectivity index (χ0) is 14.9. The van der Waals surface area contributed by atoms with Gasteiger partial charge in [0.15, 0.2) is 17.3 Å². The smallest absolute Gasteiger partial charge is 0.434 e. The van der Waals surface area contributed by atoms with Gasteiger partial charge < -0.3 is 4.74 Å². The largest absolute Gasteiger partial charge is 0.493 e. The molecule has 7 nitrogen and oxygen atoms in total. The van der Waals surface area contributed by atoms with Crippen molar-refractivity contribution in [3.63, 3.8) is 0 Å². The second-order valence-electron chi connectivity index (χ2n) is 3.64. The molecule has 0 saturated carbocycles. The SMILES string of the molecule is COc1cc([N+](=O)[O-])cnc1-n1cnc(C(F)(F)F)c1. The van der Waals surface area contributed by atoms with Gasteiger partial charge in [0.25, 0.3) is 5.69 Å². The molecule has 0 aliphatic rings. The molecule has 2 heterocycles. The predicted molar refractivity (Wildman–Crippen MR) is 59.6 cm³/mol. The van der Waals surface area contributed by atoms with E-state index in [9.17, 15) is 23.3 Å². The molecule has 0 aliphatic heterocycles. The average Bonchev–Trinajstić information content (AvgIpc) is 2.87. The Bertz CT molecular complexity index is 653. The van der Waals surface area contributed by atoms with Gasteiger partial charge in [0.1, 0.15) is 12.5 Å². The number of halogens is 3. The zero-order valence-corrected chi connectivity index (χ0v) is 9.96. The third-order valence-corrected chi connectivity index (χ3v) is 2.37. The Kier molecular flexibility index (Phi) is 3.30. The molecular formula is C10H7F3N4O3. The van der Waals surface area contributed by atoms with E-state index in [1.54, 1.807) is 0 Å². The highest BCUT2D eigenvalue weighted by atomic mass is 19.4. The van der Waals surface area contributed by atoms with E-state index in [1.165, 1.54) is 7.11 Å². The molecule has 0 aromatic carbocycles. The molecule has 0 bridgehead atoms. The number of imidazole rings is 1. The third kappa shape index (κ3) is 2.53. The van der Waals surface area contributed by atoms with Gasteiger partial charge in [0.05, 0.1) is 18.1 Å². The summed E-state index contributed by atoms with van der Waals surface area (Å²) in [6.07, 6.45) is -2.04. The molecule has 0 atom stereocenters. The lowest BCUT2D eigenvalue weighted by Crippen LogP contribution is -2.05. The van der Waals surface area contributed by atoms with Crippen molar-refractivity contribution in [1.29, 1.82) is 0 Å². The number of pyridine rings is 1. The number of ether oxygens (including phenoxy) is 1. The summed E-state index contributed by atoms with van der Waals surface area (Å²) in [5, 5.41) is 10.6. The lowest BCUT2D eigenvalue weighted by atomic mass is 10.3. The first-order chi connectivity index (χ1) is 9.32. The first-order valence-electron chi connectivity index (χ1n) is 5.13. The molecular weight excluding hydrogens is 281 g/mol. The van der Waals surface area contributed by atoms with Crippen LogP contribution in [0.1, 0.15) is 5.69 Å². The van der Waals surface area contributed by atoms with E-state index in [0.717, 1.165) is 29.4 Å². The van der Waals surface area contributed by atoms with Crippen LogP contribution in [0.5, 0.6) is 5.75 Å². The maximum Gasteiger partial charge on any atom is 0.434 e. The summed E-state index contributed by atoms with van der Waals surface area (Å²) in [6, 6.07) is 1.07. The number of methoxy groups -OCH3 is 1. The van der Waals surface area contributed by atoms with Gasteiger partial charge in [-0.25, -0.2) is 9.97 Å². The normalized spacial score (nSPS) is 11.4. The minimum Gasteiger partial charge on any atom is -0.493 e. The first kappa shape index (κ1) is 13.8. The molecule has 20 heavy (non-hydrogen) atoms. The Morgan fingerprint density at radius 3 is 2.60 bits per heavy atom. The number of nitro groups is 1. The predicted octanol–water partition coefficient (Wildman–Crippen LogP) is 2.20. The Morgan fingerprint density at radius 1 is 1.40 bits per heavy atom. The molecule has 0 amide bonds. The van der Waals surface area contributed by atoms with Crippen LogP contribution in [0.3, 0.4) is 0 Å². The Morgan fingerprint density at radius 2 is 2.10 bits per heavy atom. The van der Waals surface area contributed by atoms with E-state index in [-0.39, 0.29) is 17.3 Å². The van der Waals surface area contributed by atoms with Crippen LogP contribution in [-0.2, 0) is 6.18 Å². The van der Waals surface area contributed by atoms with Crippen molar-refractivity contribution in [1.82, 2.24) is 14.5 Å². The molecule has 106 valence electrons. The van der Waals surface area contributed by atoms with Gasteiger partial charge in [0.2, 0.25) is 0 Å². The van der Waals surface area contributed by atoms with Gasteiger partial charge in [-0.3, -0.25) is 14.7 Å². The molecule has 2 rings (SSSR count). The quantitative estimate of drug-likeness (QED) is 0.638. The number of hydrogen-bond acceptors (Lipinski definition) is 5. The van der Waals surface area contributed by atoms with Gasteiger partial charge in [-0.2, -0.15) is 13.2 Å². The van der Waals surface area contributed by atoms with E-state index in [2.05, 4.69) is 9.97 Å². The summed E-state index contributed by atoms with van der Waals surface area (Å²) < 4.78 is 43.2. The van der Waals surface area contributed by atoms with Crippen LogP contribution in [0.25, 0.3) is 5.82 Å². The summed E-state index contributed by atoms with van der Waals surface area (Å²) in [5.41, 5.74) is -1.43. The standard InChI is InChI=1S/C10H7F3N4O3/c1-20-7-2-6(17(18)19)3-14-9(7)16-4-8(15-5-16)10(11,12)13/h2-5H,1H3. The second-order valence-corrected chi connectivity index (χ2v) is 3.64. The number of nitrogens with zero attached hydrogens (tertiary/aromatic N) is 4. The van der Waals surface area contributed by atoms with Crippen molar-refractivity contribution < 1.29 is 22.8 Å². The molecule has 2 aromatic rings. The van der Waals surface area contributed by atoms with Crippen molar-refractivity contribution in [2.24, 2.45) is 0 Å². The lowest BCUT2D eigenvalue weighted by Gasteiger charge is -2.07. The van der Waals surface area contributed by atoms with Crippen LogP contribution < -0.4 is 4.74 Å². The molecule has 0 saturated heterocycles. The number of rotatable bonds is 3. The Labute approximate surface area is 109 Å². The molecule has 0 unspecified atom stereocenters. The van der Waals surface area contributed by atoms with Crippen LogP contribution in [0.2, 0.25) is 0 Å². The summed E-state index contributed by atoms with van der Waals surface area (Å²) in [7, 11) is 1.23. The highest BCUT2D eigenvalue weighted by molar-refractivity contribution is 5.47. The minimum atomic E-state index is -4.58. The van der Waals surface area contributed by atoms with E-state index < -0.39 is 16.8 Å². The van der Waals surface area contributed by atoms with Crippen molar-refractivity contribution in [2.45, 2.75) is 6.18 Å². The minimum absolute atomic E-state index is 0.0268. The first-order valence-corrected chi connectivity index (χ1v) is 5.13. The number of aromatic nitrogens is 3. The van der Waals surface area contributed by atoms with Crippen molar-refractivity contribution in [2.75, 3.05) is 7.11 Å². The maximum atomic E-state index is 12.5. The van der Waals surface area contributed by atoms with Crippen molar-refractivity contribution >= 4 is 5.69 Å². The van der Waals surface area contributed by atoms with E-state index >= 15 is 0 Å². The number of hydrogen-bond donors (Lipinski definition) is 0. The monoisotopic (exact) mass is 288 g/mol. The van der Waals surface area contributed by atoms with Crippen LogP contribution >= 0.6 is 0 Å². The summed E-state index contributed by atoms with van der Waals surface area (Å²) in [5.74, 6) is -0.0635. The number of alkyl halides is 3. The fourth-order valence-electron chi connectivity index (χ4n) is 1.46. The average molecular weight is 288 g/mol. The van der Waals surface area contributed by atoms with Gasteiger partial charge in [-0.1, -0.05) is 0 Å². The highest BCUT2D eigenvalue weighted by Crippen LogP contribution is 2.30. The van der Waals surface area contributed by atoms with E-state index in [0.29, 0.717) is 0 Å². The Balaban J connectivity index is 2.47. The van der Waals surface area contributed by atoms with Crippen molar-refractivity contribution in [3.05, 3.63) is 40.6 Å². The topological polar surface area (TPSA) is 83.1 Å². The molecule has 0 radical (unpaired) electrons. The summed E-state index contributed by atoms with van der Waals surface area (Å²) >= 11 is 0. The molecule has 0 fully saturated rings.